The summed E-state index contributed by atoms with van der Waals surface area (Å²) in [4.78, 5) is 24.5. The van der Waals surface area contributed by atoms with Crippen LogP contribution in [0.25, 0.3) is 0 Å². The minimum Gasteiger partial charge on any atom is -0.343 e. The van der Waals surface area contributed by atoms with E-state index >= 15 is 0 Å². The molecule has 2 aromatic rings. The highest BCUT2D eigenvalue weighted by molar-refractivity contribution is 7.89. The maximum atomic E-state index is 12.4. The van der Waals surface area contributed by atoms with E-state index in [0.29, 0.717) is 5.69 Å². The Morgan fingerprint density at radius 2 is 1.64 bits per heavy atom. The van der Waals surface area contributed by atoms with Gasteiger partial charge in [0.2, 0.25) is 15.9 Å². The van der Waals surface area contributed by atoms with Gasteiger partial charge in [0.1, 0.15) is 0 Å². The topological polar surface area (TPSA) is 104 Å². The summed E-state index contributed by atoms with van der Waals surface area (Å²) in [5.74, 6) is -1.05. The van der Waals surface area contributed by atoms with E-state index in [-0.39, 0.29) is 22.0 Å². The number of nitrogens with one attached hydrogen (secondary N) is 3. The number of aryl methyl sites for hydroxylation is 3. The Bertz CT molecular complexity index is 1010. The Hall–Kier alpha value is -2.42. The molecule has 28 heavy (non-hydrogen) atoms. The lowest BCUT2D eigenvalue weighted by Crippen LogP contribution is -2.33. The predicted octanol–water partition coefficient (Wildman–Crippen LogP) is 2.54. The summed E-state index contributed by atoms with van der Waals surface area (Å²) < 4.78 is 26.0. The zero-order valence-electron chi connectivity index (χ0n) is 16.0. The predicted molar refractivity (Wildman–Crippen MR) is 109 cm³/mol. The first-order valence-electron chi connectivity index (χ1n) is 8.44. The van der Waals surface area contributed by atoms with Crippen molar-refractivity contribution in [2.24, 2.45) is 0 Å². The lowest BCUT2D eigenvalue weighted by atomic mass is 10.1. The molecule has 0 atom stereocenters. The van der Waals surface area contributed by atoms with Crippen LogP contribution in [-0.4, -0.2) is 33.8 Å². The molecular formula is C19H22ClN3O4S. The van der Waals surface area contributed by atoms with Gasteiger partial charge in [0.15, 0.2) is 0 Å². The van der Waals surface area contributed by atoms with Crippen LogP contribution in [0, 0.1) is 20.8 Å². The fraction of sp³-hybridized carbons (Fsp3) is 0.263. The molecule has 0 spiro atoms. The molecule has 7 nitrogen and oxygen atoms in total. The summed E-state index contributed by atoms with van der Waals surface area (Å²) in [6.45, 7) is 5.46. The molecule has 3 N–H and O–H groups in total. The summed E-state index contributed by atoms with van der Waals surface area (Å²) in [6.07, 6.45) is 0. The van der Waals surface area contributed by atoms with Crippen LogP contribution in [0.2, 0.25) is 5.02 Å². The second-order valence-electron chi connectivity index (χ2n) is 6.35. The Morgan fingerprint density at radius 3 is 2.21 bits per heavy atom. The fourth-order valence-corrected chi connectivity index (χ4v) is 3.74. The van der Waals surface area contributed by atoms with Gasteiger partial charge < -0.3 is 10.6 Å². The Kier molecular flexibility index (Phi) is 6.82. The van der Waals surface area contributed by atoms with Crippen molar-refractivity contribution in [1.82, 2.24) is 10.0 Å². The number of anilines is 1. The minimum absolute atomic E-state index is 0.0338. The van der Waals surface area contributed by atoms with Crippen LogP contribution < -0.4 is 15.4 Å². The molecule has 0 fully saturated rings. The van der Waals surface area contributed by atoms with Crippen LogP contribution in [0.4, 0.5) is 5.69 Å². The SMILES string of the molecule is CNS(=O)(=O)c1ccc(Cl)c(C(=O)NCC(=O)Nc2c(C)cc(C)cc2C)c1. The molecule has 0 aliphatic heterocycles. The van der Waals surface area contributed by atoms with Gasteiger partial charge >= 0.3 is 0 Å². The molecule has 2 rings (SSSR count). The van der Waals surface area contributed by atoms with Crippen molar-refractivity contribution >= 4 is 39.1 Å². The highest BCUT2D eigenvalue weighted by atomic mass is 35.5. The van der Waals surface area contributed by atoms with Crippen LogP contribution in [-0.2, 0) is 14.8 Å². The standard InChI is InChI=1S/C19H22ClN3O4S/c1-11-7-12(2)18(13(3)8-11)23-17(24)10-22-19(25)15-9-14(5-6-16(15)20)28(26,27)21-4/h5-9,21H,10H2,1-4H3,(H,22,25)(H,23,24). The molecule has 9 heteroatoms. The summed E-state index contributed by atoms with van der Waals surface area (Å²) in [7, 11) is -2.46. The third kappa shape index (κ3) is 5.09. The van der Waals surface area contributed by atoms with Gasteiger partial charge in [-0.1, -0.05) is 29.3 Å². The fourth-order valence-electron chi connectivity index (χ4n) is 2.78. The summed E-state index contributed by atoms with van der Waals surface area (Å²) >= 11 is 6.01. The molecule has 2 aromatic carbocycles. The van der Waals surface area contributed by atoms with Crippen molar-refractivity contribution in [3.8, 4) is 0 Å². The average molecular weight is 424 g/mol. The summed E-state index contributed by atoms with van der Waals surface area (Å²) in [6, 6.07) is 7.68. The number of halogens is 1. The maximum absolute atomic E-state index is 12.4. The highest BCUT2D eigenvalue weighted by Crippen LogP contribution is 2.22. The maximum Gasteiger partial charge on any atom is 0.253 e. The molecule has 0 aliphatic carbocycles. The van der Waals surface area contributed by atoms with Gasteiger partial charge in [0, 0.05) is 5.69 Å². The van der Waals surface area contributed by atoms with E-state index in [4.69, 9.17) is 11.6 Å². The minimum atomic E-state index is -3.72. The van der Waals surface area contributed by atoms with Crippen molar-refractivity contribution in [1.29, 1.82) is 0 Å². The molecule has 0 bridgehead atoms. The molecule has 0 aromatic heterocycles. The first kappa shape index (κ1) is 21.9. The van der Waals surface area contributed by atoms with Gasteiger partial charge in [-0.25, -0.2) is 13.1 Å². The third-order valence-electron chi connectivity index (χ3n) is 4.11. The molecule has 0 unspecified atom stereocenters. The average Bonchev–Trinajstić information content (AvgIpc) is 2.62. The van der Waals surface area contributed by atoms with Crippen LogP contribution in [0.1, 0.15) is 27.0 Å². The molecule has 0 heterocycles. The van der Waals surface area contributed by atoms with Crippen molar-refractivity contribution in [3.63, 3.8) is 0 Å². The van der Waals surface area contributed by atoms with Gasteiger partial charge in [-0.3, -0.25) is 9.59 Å². The number of amides is 2. The zero-order valence-corrected chi connectivity index (χ0v) is 17.6. The lowest BCUT2D eigenvalue weighted by Gasteiger charge is -2.13. The van der Waals surface area contributed by atoms with Gasteiger partial charge in [0.25, 0.3) is 5.91 Å². The second kappa shape index (κ2) is 8.72. The summed E-state index contributed by atoms with van der Waals surface area (Å²) in [5, 5.41) is 5.32. The molecule has 0 saturated heterocycles. The molecule has 150 valence electrons. The highest BCUT2D eigenvalue weighted by Gasteiger charge is 2.18. The lowest BCUT2D eigenvalue weighted by molar-refractivity contribution is -0.115. The van der Waals surface area contributed by atoms with Gasteiger partial charge in [-0.15, -0.1) is 0 Å². The molecule has 2 amide bonds. The first-order valence-corrected chi connectivity index (χ1v) is 10.3. The Labute approximate surface area is 169 Å². The number of benzene rings is 2. The normalized spacial score (nSPS) is 11.2. The molecule has 0 radical (unpaired) electrons. The number of hydrogen-bond donors (Lipinski definition) is 3. The number of carbonyl (C=O) groups is 2. The Morgan fingerprint density at radius 1 is 1.04 bits per heavy atom. The quantitative estimate of drug-likeness (QED) is 0.664. The van der Waals surface area contributed by atoms with Gasteiger partial charge in [0.05, 0.1) is 22.0 Å². The molecular weight excluding hydrogens is 402 g/mol. The number of hydrogen-bond acceptors (Lipinski definition) is 4. The van der Waals surface area contributed by atoms with Crippen LogP contribution in [0.5, 0.6) is 0 Å². The van der Waals surface area contributed by atoms with Crippen molar-refractivity contribution in [2.45, 2.75) is 25.7 Å². The number of rotatable bonds is 6. The monoisotopic (exact) mass is 423 g/mol. The van der Waals surface area contributed by atoms with Crippen LogP contribution in [0.3, 0.4) is 0 Å². The second-order valence-corrected chi connectivity index (χ2v) is 8.65. The third-order valence-corrected chi connectivity index (χ3v) is 5.85. The number of carbonyl (C=O) groups excluding carboxylic acids is 2. The molecule has 0 aliphatic rings. The Balaban J connectivity index is 2.10. The van der Waals surface area contributed by atoms with Crippen molar-refractivity contribution in [3.05, 3.63) is 57.6 Å². The summed E-state index contributed by atoms with van der Waals surface area (Å²) in [5.41, 5.74) is 3.60. The smallest absolute Gasteiger partial charge is 0.253 e. The van der Waals surface area contributed by atoms with Gasteiger partial charge in [-0.2, -0.15) is 0 Å². The van der Waals surface area contributed by atoms with Crippen LogP contribution in [0.15, 0.2) is 35.2 Å². The van der Waals surface area contributed by atoms with E-state index in [1.807, 2.05) is 32.9 Å². The van der Waals surface area contributed by atoms with E-state index in [9.17, 15) is 18.0 Å². The molecule has 0 saturated carbocycles. The van der Waals surface area contributed by atoms with E-state index in [0.717, 1.165) is 22.8 Å². The van der Waals surface area contributed by atoms with E-state index in [1.165, 1.54) is 19.2 Å². The van der Waals surface area contributed by atoms with E-state index in [1.54, 1.807) is 0 Å². The van der Waals surface area contributed by atoms with E-state index in [2.05, 4.69) is 15.4 Å². The first-order chi connectivity index (χ1) is 13.0. The van der Waals surface area contributed by atoms with E-state index < -0.39 is 21.8 Å². The number of sulfonamides is 1. The van der Waals surface area contributed by atoms with Crippen molar-refractivity contribution < 1.29 is 18.0 Å². The van der Waals surface area contributed by atoms with Crippen LogP contribution >= 0.6 is 11.6 Å². The largest absolute Gasteiger partial charge is 0.343 e. The zero-order chi connectivity index (χ0) is 21.1. The van der Waals surface area contributed by atoms with Gasteiger partial charge in [-0.05, 0) is 57.1 Å². The van der Waals surface area contributed by atoms with Crippen molar-refractivity contribution in [2.75, 3.05) is 18.9 Å².